The summed E-state index contributed by atoms with van der Waals surface area (Å²) >= 11 is 0. The molecular weight excluding hydrogens is 636 g/mol. The van der Waals surface area contributed by atoms with Crippen LogP contribution < -0.4 is 21.3 Å². The van der Waals surface area contributed by atoms with Crippen LogP contribution >= 0.6 is 0 Å². The Morgan fingerprint density at radius 3 is 2.26 bits per heavy atom. The maximum Gasteiger partial charge on any atom is 0.315 e. The quantitative estimate of drug-likeness (QED) is 0.160. The molecule has 4 aliphatic rings. The molecule has 280 valence electrons. The maximum atomic E-state index is 14.8. The fourth-order valence-electron chi connectivity index (χ4n) is 8.53. The summed E-state index contributed by atoms with van der Waals surface area (Å²) in [6, 6.07) is -3.56. The molecule has 0 spiro atoms. The summed E-state index contributed by atoms with van der Waals surface area (Å²) in [4.78, 5) is 84.6. The standard InChI is InChI=1S/C38H62N6O6/c1-9-16-25(30(46)33(48)39-20-10-2)40-32(47)29-28-24(37(28,6)7)22-44(29)34(49)31(38(8)18-13-11-14-19-38)42-35(50)41-26(36(3,4)5)23-43-21-15-12-17-27(43)45/h10,24-26,28-29,31H,2,9,11-23H2,1,3-8H3,(H,39,48)(H,40,47)(H2,41,42,50)/t24-,25?,26+,28-,29-,31+/m0/s1. The van der Waals surface area contributed by atoms with E-state index in [0.29, 0.717) is 32.5 Å². The van der Waals surface area contributed by atoms with Gasteiger partial charge in [0.05, 0.1) is 12.1 Å². The monoisotopic (exact) mass is 698 g/mol. The molecule has 1 unspecified atom stereocenters. The van der Waals surface area contributed by atoms with E-state index in [9.17, 15) is 28.8 Å². The molecule has 6 amide bonds. The van der Waals surface area contributed by atoms with Crippen LogP contribution in [-0.2, 0) is 24.0 Å². The van der Waals surface area contributed by atoms with Crippen LogP contribution in [0.15, 0.2) is 12.7 Å². The first-order valence-corrected chi connectivity index (χ1v) is 18.8. The van der Waals surface area contributed by atoms with Crippen molar-refractivity contribution in [3.8, 4) is 0 Å². The van der Waals surface area contributed by atoms with Crippen LogP contribution in [0.2, 0.25) is 0 Å². The Labute approximate surface area is 298 Å². The molecule has 0 radical (unpaired) electrons. The van der Waals surface area contributed by atoms with Crippen molar-refractivity contribution in [2.75, 3.05) is 26.2 Å². The fraction of sp³-hybridized carbons (Fsp3) is 0.789. The minimum atomic E-state index is -1.02. The molecule has 0 bridgehead atoms. The molecule has 6 atom stereocenters. The number of piperidine rings is 2. The van der Waals surface area contributed by atoms with E-state index in [1.165, 1.54) is 6.08 Å². The Hall–Kier alpha value is -3.44. The normalized spacial score (nSPS) is 25.7. The number of amides is 6. The van der Waals surface area contributed by atoms with Crippen LogP contribution in [0.5, 0.6) is 0 Å². The second-order valence-electron chi connectivity index (χ2n) is 17.1. The molecule has 2 saturated heterocycles. The summed E-state index contributed by atoms with van der Waals surface area (Å²) in [6.07, 6.45) is 9.08. The molecule has 0 aromatic heterocycles. The van der Waals surface area contributed by atoms with E-state index in [-0.39, 0.29) is 53.5 Å². The van der Waals surface area contributed by atoms with E-state index in [1.54, 1.807) is 4.90 Å². The van der Waals surface area contributed by atoms with E-state index in [1.807, 2.05) is 32.6 Å². The number of carbonyl (C=O) groups is 6. The Morgan fingerprint density at radius 1 is 0.980 bits per heavy atom. The Balaban J connectivity index is 1.57. The van der Waals surface area contributed by atoms with Crippen molar-refractivity contribution in [3.05, 3.63) is 12.7 Å². The zero-order valence-electron chi connectivity index (χ0n) is 31.5. The molecule has 0 aromatic carbocycles. The highest BCUT2D eigenvalue weighted by atomic mass is 16.2. The SMILES string of the molecule is C=CCNC(=O)C(=O)C(CCC)NC(=O)[C@@H]1[C@@H]2[C@H](CN1C(=O)[C@@H](NC(=O)N[C@H](CN1CCCCC1=O)C(C)(C)C)C1(C)CCCCC1)C2(C)C. The minimum Gasteiger partial charge on any atom is -0.346 e. The molecule has 0 aromatic rings. The zero-order valence-corrected chi connectivity index (χ0v) is 31.5. The third kappa shape index (κ3) is 8.70. The van der Waals surface area contributed by atoms with Gasteiger partial charge in [0.1, 0.15) is 12.1 Å². The highest BCUT2D eigenvalue weighted by Gasteiger charge is 2.70. The molecule has 2 heterocycles. The smallest absolute Gasteiger partial charge is 0.315 e. The Morgan fingerprint density at radius 2 is 1.66 bits per heavy atom. The highest BCUT2D eigenvalue weighted by Crippen LogP contribution is 2.65. The molecule has 12 nitrogen and oxygen atoms in total. The molecule has 2 aliphatic heterocycles. The van der Waals surface area contributed by atoms with Gasteiger partial charge in [0, 0.05) is 32.6 Å². The second kappa shape index (κ2) is 15.8. The summed E-state index contributed by atoms with van der Waals surface area (Å²) in [5.74, 6) is -2.18. The number of urea groups is 1. The van der Waals surface area contributed by atoms with E-state index in [4.69, 9.17) is 0 Å². The van der Waals surface area contributed by atoms with Gasteiger partial charge >= 0.3 is 6.03 Å². The van der Waals surface area contributed by atoms with E-state index < -0.39 is 47.2 Å². The van der Waals surface area contributed by atoms with Crippen molar-refractivity contribution in [1.29, 1.82) is 0 Å². The summed E-state index contributed by atoms with van der Waals surface area (Å²) in [7, 11) is 0. The third-order valence-corrected chi connectivity index (χ3v) is 12.0. The van der Waals surface area contributed by atoms with Gasteiger partial charge in [-0.05, 0) is 60.2 Å². The topological polar surface area (TPSA) is 157 Å². The van der Waals surface area contributed by atoms with Gasteiger partial charge in [-0.1, -0.05) is 80.2 Å². The van der Waals surface area contributed by atoms with Crippen molar-refractivity contribution in [1.82, 2.24) is 31.1 Å². The lowest BCUT2D eigenvalue weighted by atomic mass is 9.70. The molecule has 4 N–H and O–H groups in total. The van der Waals surface area contributed by atoms with Crippen LogP contribution in [0.1, 0.15) is 113 Å². The van der Waals surface area contributed by atoms with Crippen molar-refractivity contribution >= 4 is 35.4 Å². The summed E-state index contributed by atoms with van der Waals surface area (Å²) in [5.41, 5.74) is -1.06. The molecule has 2 saturated carbocycles. The van der Waals surface area contributed by atoms with Gasteiger partial charge < -0.3 is 31.1 Å². The van der Waals surface area contributed by atoms with Crippen molar-refractivity contribution in [3.63, 3.8) is 0 Å². The average molecular weight is 699 g/mol. The first-order chi connectivity index (χ1) is 23.5. The number of likely N-dealkylation sites (tertiary alicyclic amines) is 2. The first kappa shape index (κ1) is 39.3. The summed E-state index contributed by atoms with van der Waals surface area (Å²) < 4.78 is 0. The average Bonchev–Trinajstić information content (AvgIpc) is 3.36. The predicted molar refractivity (Wildman–Crippen MR) is 192 cm³/mol. The summed E-state index contributed by atoms with van der Waals surface area (Å²) in [6.45, 7) is 19.3. The predicted octanol–water partition coefficient (Wildman–Crippen LogP) is 3.69. The summed E-state index contributed by atoms with van der Waals surface area (Å²) in [5, 5.41) is 11.6. The fourth-order valence-corrected chi connectivity index (χ4v) is 8.53. The number of nitrogens with one attached hydrogen (secondary N) is 4. The molecular formula is C38H62N6O6. The number of carbonyl (C=O) groups excluding carboxylic acids is 6. The molecule has 12 heteroatoms. The maximum absolute atomic E-state index is 14.8. The third-order valence-electron chi connectivity index (χ3n) is 12.0. The Bertz CT molecular complexity index is 1320. The second-order valence-corrected chi connectivity index (χ2v) is 17.1. The number of fused-ring (bicyclic) bond motifs is 1. The number of hydrogen-bond acceptors (Lipinski definition) is 6. The van der Waals surface area contributed by atoms with E-state index in [2.05, 4.69) is 48.6 Å². The van der Waals surface area contributed by atoms with Gasteiger partial charge in [0.25, 0.3) is 5.91 Å². The first-order valence-electron chi connectivity index (χ1n) is 18.8. The lowest BCUT2D eigenvalue weighted by Crippen LogP contribution is -2.64. The van der Waals surface area contributed by atoms with Gasteiger partial charge in [0.15, 0.2) is 0 Å². The molecule has 4 fully saturated rings. The van der Waals surface area contributed by atoms with Crippen molar-refractivity contribution < 1.29 is 28.8 Å². The van der Waals surface area contributed by atoms with Crippen LogP contribution in [0.4, 0.5) is 4.79 Å². The van der Waals surface area contributed by atoms with Crippen LogP contribution in [0.3, 0.4) is 0 Å². The van der Waals surface area contributed by atoms with E-state index >= 15 is 0 Å². The highest BCUT2D eigenvalue weighted by molar-refractivity contribution is 6.38. The van der Waals surface area contributed by atoms with Gasteiger partial charge in [-0.2, -0.15) is 0 Å². The lowest BCUT2D eigenvalue weighted by molar-refractivity contribution is -0.146. The van der Waals surface area contributed by atoms with Crippen LogP contribution in [0, 0.1) is 28.1 Å². The number of hydrogen-bond donors (Lipinski definition) is 4. The van der Waals surface area contributed by atoms with Crippen molar-refractivity contribution in [2.24, 2.45) is 28.1 Å². The van der Waals surface area contributed by atoms with Gasteiger partial charge in [0.2, 0.25) is 23.5 Å². The molecule has 4 rings (SSSR count). The zero-order chi connectivity index (χ0) is 37.0. The number of rotatable bonds is 14. The van der Waals surface area contributed by atoms with Gasteiger partial charge in [-0.3, -0.25) is 24.0 Å². The number of nitrogens with zero attached hydrogens (tertiary/aromatic N) is 2. The van der Waals surface area contributed by atoms with Crippen LogP contribution in [-0.4, -0.2) is 95.6 Å². The Kier molecular flexibility index (Phi) is 12.5. The van der Waals surface area contributed by atoms with E-state index in [0.717, 1.165) is 44.9 Å². The van der Waals surface area contributed by atoms with Crippen LogP contribution in [0.25, 0.3) is 0 Å². The lowest BCUT2D eigenvalue weighted by Gasteiger charge is -2.44. The van der Waals surface area contributed by atoms with Crippen molar-refractivity contribution in [2.45, 2.75) is 137 Å². The molecule has 2 aliphatic carbocycles. The molecule has 50 heavy (non-hydrogen) atoms. The minimum absolute atomic E-state index is 0.0931. The van der Waals surface area contributed by atoms with Gasteiger partial charge in [-0.15, -0.1) is 6.58 Å². The number of Topliss-reactive ketones (excluding diaryl/α,β-unsaturated/α-hetero) is 1. The van der Waals surface area contributed by atoms with Gasteiger partial charge in [-0.25, -0.2) is 4.79 Å². The number of ketones is 1. The largest absolute Gasteiger partial charge is 0.346 e.